The molecule has 2 atom stereocenters. The summed E-state index contributed by atoms with van der Waals surface area (Å²) < 4.78 is 0. The van der Waals surface area contributed by atoms with E-state index in [1.165, 1.54) is 0 Å². The Balaban J connectivity index is 2.00. The Morgan fingerprint density at radius 3 is 2.61 bits per heavy atom. The minimum absolute atomic E-state index is 0.176. The van der Waals surface area contributed by atoms with Gasteiger partial charge < -0.3 is 15.7 Å². The van der Waals surface area contributed by atoms with Crippen LogP contribution in [-0.2, 0) is 4.79 Å². The van der Waals surface area contributed by atoms with E-state index >= 15 is 0 Å². The van der Waals surface area contributed by atoms with Gasteiger partial charge in [0.25, 0.3) is 0 Å². The van der Waals surface area contributed by atoms with E-state index in [4.69, 9.17) is 5.73 Å². The van der Waals surface area contributed by atoms with E-state index in [0.717, 1.165) is 38.8 Å². The van der Waals surface area contributed by atoms with Crippen LogP contribution in [0.15, 0.2) is 0 Å². The van der Waals surface area contributed by atoms with Crippen molar-refractivity contribution < 1.29 is 9.90 Å². The standard InChI is InChI=1S/C13H25N3O2/c1-15(2)8-11-4-3-7-16(11)9-13(14,12(17)18)10-5-6-10/h10-11H,3-9,14H2,1-2H3,(H,17,18). The van der Waals surface area contributed by atoms with Gasteiger partial charge in [-0.15, -0.1) is 0 Å². The summed E-state index contributed by atoms with van der Waals surface area (Å²) in [5.41, 5.74) is 5.13. The topological polar surface area (TPSA) is 69.8 Å². The molecule has 5 nitrogen and oxygen atoms in total. The molecule has 18 heavy (non-hydrogen) atoms. The van der Waals surface area contributed by atoms with Crippen molar-refractivity contribution in [3.63, 3.8) is 0 Å². The second-order valence-corrected chi connectivity index (χ2v) is 6.15. The van der Waals surface area contributed by atoms with Crippen LogP contribution in [0, 0.1) is 5.92 Å². The summed E-state index contributed by atoms with van der Waals surface area (Å²) in [6, 6.07) is 0.459. The summed E-state index contributed by atoms with van der Waals surface area (Å²) in [5.74, 6) is -0.656. The Kier molecular flexibility index (Phi) is 3.94. The van der Waals surface area contributed by atoms with Gasteiger partial charge in [-0.1, -0.05) is 0 Å². The third kappa shape index (κ3) is 2.84. The number of carbonyl (C=O) groups is 1. The lowest BCUT2D eigenvalue weighted by molar-refractivity contribution is -0.145. The van der Waals surface area contributed by atoms with E-state index in [1.807, 2.05) is 0 Å². The largest absolute Gasteiger partial charge is 0.480 e. The highest BCUT2D eigenvalue weighted by Gasteiger charge is 2.50. The van der Waals surface area contributed by atoms with Crippen LogP contribution < -0.4 is 5.73 Å². The van der Waals surface area contributed by atoms with Crippen LogP contribution in [-0.4, -0.2) is 66.2 Å². The van der Waals surface area contributed by atoms with E-state index in [1.54, 1.807) is 0 Å². The number of likely N-dealkylation sites (tertiary alicyclic amines) is 1. The van der Waals surface area contributed by atoms with Crippen molar-refractivity contribution in [3.8, 4) is 0 Å². The second-order valence-electron chi connectivity index (χ2n) is 6.15. The summed E-state index contributed by atoms with van der Waals surface area (Å²) in [4.78, 5) is 15.9. The molecular weight excluding hydrogens is 230 g/mol. The van der Waals surface area contributed by atoms with E-state index < -0.39 is 11.5 Å². The van der Waals surface area contributed by atoms with Crippen LogP contribution >= 0.6 is 0 Å². The average molecular weight is 255 g/mol. The van der Waals surface area contributed by atoms with Crippen molar-refractivity contribution in [3.05, 3.63) is 0 Å². The molecule has 0 amide bonds. The first-order valence-electron chi connectivity index (χ1n) is 6.84. The van der Waals surface area contributed by atoms with Crippen LogP contribution in [0.4, 0.5) is 0 Å². The summed E-state index contributed by atoms with van der Waals surface area (Å²) in [6.07, 6.45) is 4.24. The molecule has 1 saturated carbocycles. The molecule has 2 fully saturated rings. The van der Waals surface area contributed by atoms with Crippen LogP contribution in [0.2, 0.25) is 0 Å². The number of nitrogens with zero attached hydrogens (tertiary/aromatic N) is 2. The molecule has 0 aromatic rings. The fourth-order valence-corrected chi connectivity index (χ4v) is 3.04. The fraction of sp³-hybridized carbons (Fsp3) is 0.923. The third-order valence-corrected chi connectivity index (χ3v) is 4.24. The van der Waals surface area contributed by atoms with Crippen LogP contribution in [0.1, 0.15) is 25.7 Å². The number of hydrogen-bond acceptors (Lipinski definition) is 4. The van der Waals surface area contributed by atoms with Gasteiger partial charge in [0, 0.05) is 19.1 Å². The quantitative estimate of drug-likeness (QED) is 0.710. The monoisotopic (exact) mass is 255 g/mol. The average Bonchev–Trinajstić information content (AvgIpc) is 3.04. The molecule has 2 aliphatic rings. The van der Waals surface area contributed by atoms with Gasteiger partial charge in [-0.05, 0) is 52.2 Å². The lowest BCUT2D eigenvalue weighted by Gasteiger charge is -2.34. The van der Waals surface area contributed by atoms with Gasteiger partial charge in [-0.25, -0.2) is 0 Å². The normalized spacial score (nSPS) is 28.6. The van der Waals surface area contributed by atoms with Crippen LogP contribution in [0.25, 0.3) is 0 Å². The molecule has 0 aromatic heterocycles. The summed E-state index contributed by atoms with van der Waals surface area (Å²) in [6.45, 7) is 2.48. The zero-order chi connectivity index (χ0) is 13.3. The molecule has 0 radical (unpaired) electrons. The minimum Gasteiger partial charge on any atom is -0.480 e. The zero-order valence-electron chi connectivity index (χ0n) is 11.4. The Morgan fingerprint density at radius 1 is 1.44 bits per heavy atom. The Bertz CT molecular complexity index is 317. The minimum atomic E-state index is -1.03. The molecule has 104 valence electrons. The fourth-order valence-electron chi connectivity index (χ4n) is 3.04. The van der Waals surface area contributed by atoms with Crippen LogP contribution in [0.3, 0.4) is 0 Å². The number of carboxylic acids is 1. The number of rotatable bonds is 6. The Hall–Kier alpha value is -0.650. The van der Waals surface area contributed by atoms with Crippen molar-refractivity contribution in [2.45, 2.75) is 37.3 Å². The number of aliphatic carboxylic acids is 1. The van der Waals surface area contributed by atoms with Crippen molar-refractivity contribution in [2.24, 2.45) is 11.7 Å². The van der Waals surface area contributed by atoms with Crippen molar-refractivity contribution in [2.75, 3.05) is 33.7 Å². The number of nitrogens with two attached hydrogens (primary N) is 1. The number of likely N-dealkylation sites (N-methyl/N-ethyl adjacent to an activating group) is 1. The predicted octanol–water partition coefficient (Wildman–Crippen LogP) is 0.205. The summed E-state index contributed by atoms with van der Waals surface area (Å²) in [7, 11) is 4.12. The molecule has 0 bridgehead atoms. The first-order chi connectivity index (χ1) is 8.43. The van der Waals surface area contributed by atoms with E-state index in [0.29, 0.717) is 12.6 Å². The lowest BCUT2D eigenvalue weighted by atomic mass is 9.93. The first kappa shape index (κ1) is 13.8. The van der Waals surface area contributed by atoms with Gasteiger partial charge in [0.1, 0.15) is 5.54 Å². The highest BCUT2D eigenvalue weighted by molar-refractivity contribution is 5.79. The maximum absolute atomic E-state index is 11.5. The molecule has 1 heterocycles. The molecular formula is C13H25N3O2. The highest BCUT2D eigenvalue weighted by atomic mass is 16.4. The van der Waals surface area contributed by atoms with E-state index in [-0.39, 0.29) is 5.92 Å². The van der Waals surface area contributed by atoms with Gasteiger partial charge in [-0.3, -0.25) is 9.69 Å². The molecule has 1 aliphatic heterocycles. The third-order valence-electron chi connectivity index (χ3n) is 4.24. The predicted molar refractivity (Wildman–Crippen MR) is 70.4 cm³/mol. The molecule has 1 saturated heterocycles. The van der Waals surface area contributed by atoms with E-state index in [9.17, 15) is 9.90 Å². The number of hydrogen-bond donors (Lipinski definition) is 2. The molecule has 0 spiro atoms. The van der Waals surface area contributed by atoms with Gasteiger partial charge >= 0.3 is 5.97 Å². The molecule has 0 aromatic carbocycles. The second kappa shape index (κ2) is 5.15. The molecule has 5 heteroatoms. The van der Waals surface area contributed by atoms with Crippen molar-refractivity contribution >= 4 is 5.97 Å². The molecule has 1 aliphatic carbocycles. The summed E-state index contributed by atoms with van der Waals surface area (Å²) in [5, 5.41) is 9.41. The zero-order valence-corrected chi connectivity index (χ0v) is 11.4. The molecule has 3 N–H and O–H groups in total. The molecule has 2 unspecified atom stereocenters. The SMILES string of the molecule is CN(C)CC1CCCN1CC(N)(C(=O)O)C1CC1. The van der Waals surface area contributed by atoms with Crippen LogP contribution in [0.5, 0.6) is 0 Å². The Labute approximate surface area is 109 Å². The molecule has 2 rings (SSSR count). The van der Waals surface area contributed by atoms with Gasteiger partial charge in [0.2, 0.25) is 0 Å². The number of carboxylic acid groups (broad SMARTS) is 1. The van der Waals surface area contributed by atoms with Crippen molar-refractivity contribution in [1.82, 2.24) is 9.80 Å². The van der Waals surface area contributed by atoms with Crippen molar-refractivity contribution in [1.29, 1.82) is 0 Å². The highest BCUT2D eigenvalue weighted by Crippen LogP contribution is 2.39. The summed E-state index contributed by atoms with van der Waals surface area (Å²) >= 11 is 0. The van der Waals surface area contributed by atoms with Gasteiger partial charge in [-0.2, -0.15) is 0 Å². The lowest BCUT2D eigenvalue weighted by Crippen LogP contribution is -2.59. The van der Waals surface area contributed by atoms with Gasteiger partial charge in [0.15, 0.2) is 0 Å². The smallest absolute Gasteiger partial charge is 0.325 e. The Morgan fingerprint density at radius 2 is 2.11 bits per heavy atom. The first-order valence-corrected chi connectivity index (χ1v) is 6.84. The maximum atomic E-state index is 11.5. The maximum Gasteiger partial charge on any atom is 0.325 e. The van der Waals surface area contributed by atoms with Gasteiger partial charge in [0.05, 0.1) is 0 Å². The van der Waals surface area contributed by atoms with E-state index in [2.05, 4.69) is 23.9 Å².